The van der Waals surface area contributed by atoms with Crippen LogP contribution in [0.2, 0.25) is 0 Å². The predicted octanol–water partition coefficient (Wildman–Crippen LogP) is 5.30. The molecule has 0 radical (unpaired) electrons. The van der Waals surface area contributed by atoms with Crippen molar-refractivity contribution in [2.24, 2.45) is 0 Å². The van der Waals surface area contributed by atoms with Crippen molar-refractivity contribution in [3.8, 4) is 11.1 Å². The van der Waals surface area contributed by atoms with E-state index in [-0.39, 0.29) is 18.8 Å². The van der Waals surface area contributed by atoms with Crippen LogP contribution in [0.25, 0.3) is 22.1 Å². The number of carbonyl (C=O) groups excluding carboxylic acids is 1. The van der Waals surface area contributed by atoms with Gasteiger partial charge in [0.15, 0.2) is 6.61 Å². The second kappa shape index (κ2) is 9.52. The minimum absolute atomic E-state index is 0.0263. The zero-order chi connectivity index (χ0) is 23.4. The number of hydrogen-bond donors (Lipinski definition) is 2. The van der Waals surface area contributed by atoms with Crippen molar-refractivity contribution >= 4 is 23.0 Å². The maximum Gasteiger partial charge on any atom is 0.408 e. The lowest BCUT2D eigenvalue weighted by Crippen LogP contribution is -2.42. The number of alkyl carbamates (subject to hydrolysis) is 1. The highest BCUT2D eigenvalue weighted by Crippen LogP contribution is 2.27. The largest absolute Gasteiger partial charge is 0.480 e. The fourth-order valence-electron chi connectivity index (χ4n) is 3.37. The molecule has 0 saturated carbocycles. The van der Waals surface area contributed by atoms with Crippen LogP contribution in [0, 0.1) is 11.6 Å². The van der Waals surface area contributed by atoms with E-state index in [1.54, 1.807) is 24.3 Å². The number of carboxylic acids is 1. The van der Waals surface area contributed by atoms with Gasteiger partial charge in [-0.25, -0.2) is 18.4 Å². The third-order valence-electron chi connectivity index (χ3n) is 5.03. The average molecular weight is 451 g/mol. The number of amides is 1. The van der Waals surface area contributed by atoms with Gasteiger partial charge in [-0.2, -0.15) is 0 Å². The van der Waals surface area contributed by atoms with Crippen LogP contribution in [0.15, 0.2) is 77.2 Å². The fraction of sp³-hybridized carbons (Fsp3) is 0.120. The molecule has 1 amide bonds. The number of halogens is 2. The summed E-state index contributed by atoms with van der Waals surface area (Å²) in [6.07, 6.45) is -0.946. The Morgan fingerprint density at radius 2 is 1.55 bits per heavy atom. The number of nitrogens with one attached hydrogen (secondary N) is 1. The molecule has 0 fully saturated rings. The van der Waals surface area contributed by atoms with Crippen molar-refractivity contribution in [3.05, 3.63) is 95.8 Å². The number of carboxylic acid groups (broad SMARTS) is 1. The van der Waals surface area contributed by atoms with Gasteiger partial charge in [0.05, 0.1) is 0 Å². The van der Waals surface area contributed by atoms with Gasteiger partial charge >= 0.3 is 12.1 Å². The highest BCUT2D eigenvalue weighted by Gasteiger charge is 2.21. The van der Waals surface area contributed by atoms with Crippen LogP contribution in [0.3, 0.4) is 0 Å². The van der Waals surface area contributed by atoms with E-state index in [0.717, 1.165) is 16.5 Å². The average Bonchev–Trinajstić information content (AvgIpc) is 3.21. The van der Waals surface area contributed by atoms with E-state index in [1.807, 2.05) is 12.1 Å². The first-order valence-corrected chi connectivity index (χ1v) is 10.1. The fourth-order valence-corrected chi connectivity index (χ4v) is 3.37. The molecule has 3 aromatic carbocycles. The summed E-state index contributed by atoms with van der Waals surface area (Å²) < 4.78 is 37.0. The van der Waals surface area contributed by atoms with Gasteiger partial charge in [-0.05, 0) is 59.2 Å². The van der Waals surface area contributed by atoms with Crippen molar-refractivity contribution in [2.75, 3.05) is 0 Å². The zero-order valence-corrected chi connectivity index (χ0v) is 17.3. The molecule has 168 valence electrons. The molecule has 6 nitrogen and oxygen atoms in total. The molecule has 0 aliphatic rings. The number of furan rings is 1. The number of benzene rings is 3. The number of carbonyl (C=O) groups is 2. The Labute approximate surface area is 187 Å². The molecule has 2 N–H and O–H groups in total. The normalized spacial score (nSPS) is 11.8. The molecule has 1 aromatic heterocycles. The first-order chi connectivity index (χ1) is 15.9. The summed E-state index contributed by atoms with van der Waals surface area (Å²) >= 11 is 0. The quantitative estimate of drug-likeness (QED) is 0.398. The minimum Gasteiger partial charge on any atom is -0.480 e. The molecule has 0 spiro atoms. The van der Waals surface area contributed by atoms with Crippen molar-refractivity contribution in [1.82, 2.24) is 5.32 Å². The molecule has 0 aliphatic carbocycles. The van der Waals surface area contributed by atoms with Gasteiger partial charge in [-0.15, -0.1) is 0 Å². The van der Waals surface area contributed by atoms with E-state index in [9.17, 15) is 23.5 Å². The molecule has 0 saturated heterocycles. The van der Waals surface area contributed by atoms with Gasteiger partial charge in [0, 0.05) is 11.8 Å². The second-order valence-corrected chi connectivity index (χ2v) is 7.41. The Morgan fingerprint density at radius 3 is 2.21 bits per heavy atom. The van der Waals surface area contributed by atoms with Crippen LogP contribution < -0.4 is 5.32 Å². The molecule has 1 heterocycles. The first kappa shape index (κ1) is 22.0. The van der Waals surface area contributed by atoms with E-state index in [2.05, 4.69) is 5.32 Å². The Bertz CT molecular complexity index is 1280. The number of ether oxygens (including phenoxy) is 1. The van der Waals surface area contributed by atoms with Gasteiger partial charge in [0.1, 0.15) is 29.0 Å². The monoisotopic (exact) mass is 451 g/mol. The van der Waals surface area contributed by atoms with Crippen LogP contribution >= 0.6 is 0 Å². The second-order valence-electron chi connectivity index (χ2n) is 7.41. The molecule has 0 bridgehead atoms. The Hall–Kier alpha value is -4.20. The first-order valence-electron chi connectivity index (χ1n) is 10.1. The molecule has 8 heteroatoms. The summed E-state index contributed by atoms with van der Waals surface area (Å²) in [5.74, 6) is -1.62. The summed E-state index contributed by atoms with van der Waals surface area (Å²) in [5, 5.41) is 12.4. The number of hydrogen-bond acceptors (Lipinski definition) is 4. The highest BCUT2D eigenvalue weighted by molar-refractivity contribution is 5.84. The Kier molecular flexibility index (Phi) is 6.35. The van der Waals surface area contributed by atoms with Gasteiger partial charge < -0.3 is 19.6 Å². The SMILES string of the molecule is O=C(NC(Cc1ccc(F)cc1)C(=O)O)OCc1cc2cc(-c3ccc(F)cc3)ccc2o1. The van der Waals surface area contributed by atoms with Crippen molar-refractivity contribution < 1.29 is 32.6 Å². The lowest BCUT2D eigenvalue weighted by atomic mass is 10.0. The van der Waals surface area contributed by atoms with Gasteiger partial charge in [0.25, 0.3) is 0 Å². The Balaban J connectivity index is 1.38. The van der Waals surface area contributed by atoms with Crippen LogP contribution in [0.4, 0.5) is 13.6 Å². The van der Waals surface area contributed by atoms with E-state index in [1.165, 1.54) is 36.4 Å². The maximum atomic E-state index is 13.1. The third kappa shape index (κ3) is 5.54. The summed E-state index contributed by atoms with van der Waals surface area (Å²) in [6.45, 7) is -0.199. The summed E-state index contributed by atoms with van der Waals surface area (Å²) in [6, 6.07) is 17.4. The van der Waals surface area contributed by atoms with Crippen LogP contribution in [-0.2, 0) is 22.6 Å². The number of rotatable bonds is 7. The van der Waals surface area contributed by atoms with E-state index in [0.29, 0.717) is 16.9 Å². The minimum atomic E-state index is -1.24. The van der Waals surface area contributed by atoms with Crippen LogP contribution in [0.1, 0.15) is 11.3 Å². The zero-order valence-electron chi connectivity index (χ0n) is 17.3. The number of fused-ring (bicyclic) bond motifs is 1. The molecule has 33 heavy (non-hydrogen) atoms. The molecule has 4 rings (SSSR count). The van der Waals surface area contributed by atoms with Crippen LogP contribution in [-0.4, -0.2) is 23.2 Å². The maximum absolute atomic E-state index is 13.1. The lowest BCUT2D eigenvalue weighted by Gasteiger charge is -2.14. The topological polar surface area (TPSA) is 88.8 Å². The van der Waals surface area contributed by atoms with E-state index >= 15 is 0 Å². The van der Waals surface area contributed by atoms with Gasteiger partial charge in [0.2, 0.25) is 0 Å². The summed E-state index contributed by atoms with van der Waals surface area (Å²) in [4.78, 5) is 23.6. The molecular weight excluding hydrogens is 432 g/mol. The third-order valence-corrected chi connectivity index (χ3v) is 5.03. The molecule has 1 unspecified atom stereocenters. The lowest BCUT2D eigenvalue weighted by molar-refractivity contribution is -0.139. The standard InChI is InChI=1S/C25H19F2NO5/c26-19-6-1-15(2-7-19)11-22(24(29)30)28-25(31)32-14-21-13-18-12-17(5-10-23(18)33-21)16-3-8-20(27)9-4-16/h1-10,12-13,22H,11,14H2,(H,28,31)(H,29,30). The van der Waals surface area contributed by atoms with E-state index < -0.39 is 23.9 Å². The van der Waals surface area contributed by atoms with Gasteiger partial charge in [-0.1, -0.05) is 30.3 Å². The smallest absolute Gasteiger partial charge is 0.408 e. The molecular formula is C25H19F2NO5. The highest BCUT2D eigenvalue weighted by atomic mass is 19.1. The molecule has 1 atom stereocenters. The number of aliphatic carboxylic acids is 1. The summed E-state index contributed by atoms with van der Waals surface area (Å²) in [7, 11) is 0. The molecule has 4 aromatic rings. The molecule has 0 aliphatic heterocycles. The van der Waals surface area contributed by atoms with Gasteiger partial charge in [-0.3, -0.25) is 0 Å². The summed E-state index contributed by atoms with van der Waals surface area (Å²) in [5.41, 5.74) is 2.86. The Morgan fingerprint density at radius 1 is 0.909 bits per heavy atom. The van der Waals surface area contributed by atoms with Crippen molar-refractivity contribution in [3.63, 3.8) is 0 Å². The predicted molar refractivity (Wildman–Crippen MR) is 116 cm³/mol. The van der Waals surface area contributed by atoms with Crippen molar-refractivity contribution in [2.45, 2.75) is 19.1 Å². The van der Waals surface area contributed by atoms with Crippen molar-refractivity contribution in [1.29, 1.82) is 0 Å². The van der Waals surface area contributed by atoms with Crippen LogP contribution in [0.5, 0.6) is 0 Å². The van der Waals surface area contributed by atoms with E-state index in [4.69, 9.17) is 9.15 Å².